The van der Waals surface area contributed by atoms with E-state index in [1.807, 2.05) is 20.8 Å². The van der Waals surface area contributed by atoms with Gasteiger partial charge in [0.25, 0.3) is 17.3 Å². The molecule has 1 atom stereocenters. The predicted molar refractivity (Wildman–Crippen MR) is 139 cm³/mol. The Morgan fingerprint density at radius 2 is 1.62 bits per heavy atom. The lowest BCUT2D eigenvalue weighted by molar-refractivity contribution is -0.481. The van der Waals surface area contributed by atoms with E-state index in [4.69, 9.17) is 23.2 Å². The third-order valence-electron chi connectivity index (χ3n) is 5.16. The summed E-state index contributed by atoms with van der Waals surface area (Å²) in [5.74, 6) is -1.70. The number of nitrogens with one attached hydrogen (secondary N) is 1. The smallest absolute Gasteiger partial charge is 0.277 e. The Balaban J connectivity index is 2.09. The van der Waals surface area contributed by atoms with Gasteiger partial charge in [-0.3, -0.25) is 40.5 Å². The van der Waals surface area contributed by atoms with E-state index in [-0.39, 0.29) is 15.7 Å². The molecule has 1 N–H and O–H groups in total. The van der Waals surface area contributed by atoms with Gasteiger partial charge in [-0.2, -0.15) is 0 Å². The molecule has 1 unspecified atom stereocenters. The number of anilines is 1. The van der Waals surface area contributed by atoms with Crippen LogP contribution in [0.25, 0.3) is 0 Å². The van der Waals surface area contributed by atoms with Crippen molar-refractivity contribution in [3.63, 3.8) is 0 Å². The third kappa shape index (κ3) is 6.56. The minimum absolute atomic E-state index is 0.0533. The molecule has 0 radical (unpaired) electrons. The lowest BCUT2D eigenvalue weighted by Gasteiger charge is -2.21. The van der Waals surface area contributed by atoms with Gasteiger partial charge in [0.15, 0.2) is 5.13 Å². The van der Waals surface area contributed by atoms with E-state index in [9.17, 15) is 35.1 Å². The number of aromatic nitrogens is 1. The summed E-state index contributed by atoms with van der Waals surface area (Å²) in [4.78, 5) is 49.6. The molecule has 3 aromatic rings. The molecule has 0 bridgehead atoms. The maximum atomic E-state index is 12.9. The number of hydrogen-bond donors (Lipinski definition) is 1. The van der Waals surface area contributed by atoms with E-state index in [0.29, 0.717) is 21.2 Å². The molecule has 194 valence electrons. The normalized spacial score (nSPS) is 12.1. The Labute approximate surface area is 223 Å². The number of benzene rings is 2. The first kappa shape index (κ1) is 27.9. The van der Waals surface area contributed by atoms with Gasteiger partial charge in [0.05, 0.1) is 33.1 Å². The number of thiazole rings is 1. The maximum absolute atomic E-state index is 12.9. The van der Waals surface area contributed by atoms with Gasteiger partial charge < -0.3 is 0 Å². The van der Waals surface area contributed by atoms with Crippen molar-refractivity contribution in [2.45, 2.75) is 32.1 Å². The summed E-state index contributed by atoms with van der Waals surface area (Å²) in [5, 5.41) is 37.1. The Morgan fingerprint density at radius 1 is 1.03 bits per heavy atom. The van der Waals surface area contributed by atoms with Crippen molar-refractivity contribution in [2.24, 2.45) is 0 Å². The molecule has 0 aliphatic heterocycles. The molecule has 0 saturated heterocycles. The van der Waals surface area contributed by atoms with Crippen molar-refractivity contribution in [1.82, 2.24) is 4.98 Å². The molecule has 12 nitrogen and oxygen atoms in total. The number of carbonyl (C=O) groups excluding carboxylic acids is 1. The number of nitrogens with zero attached hydrogens (tertiary/aromatic N) is 4. The maximum Gasteiger partial charge on any atom is 0.277 e. The van der Waals surface area contributed by atoms with Crippen LogP contribution in [0.1, 0.15) is 53.2 Å². The number of rotatable bonds is 8. The number of hydrogen-bond acceptors (Lipinski definition) is 9. The Morgan fingerprint density at radius 3 is 2.11 bits per heavy atom. The molecule has 1 aromatic heterocycles. The van der Waals surface area contributed by atoms with Crippen molar-refractivity contribution in [3.05, 3.63) is 98.5 Å². The second-order valence-electron chi connectivity index (χ2n) is 8.92. The molecule has 0 spiro atoms. The molecular weight excluding hydrogens is 549 g/mol. The minimum Gasteiger partial charge on any atom is -0.298 e. The fourth-order valence-corrected chi connectivity index (χ4v) is 5.34. The Hall–Kier alpha value is -3.68. The first-order chi connectivity index (χ1) is 17.2. The second kappa shape index (κ2) is 10.7. The van der Waals surface area contributed by atoms with Crippen LogP contribution in [0.15, 0.2) is 36.4 Å². The van der Waals surface area contributed by atoms with Crippen LogP contribution in [0, 0.1) is 30.3 Å². The van der Waals surface area contributed by atoms with Gasteiger partial charge in [-0.05, 0) is 17.7 Å². The predicted octanol–water partition coefficient (Wildman–Crippen LogP) is 6.22. The zero-order chi connectivity index (χ0) is 27.7. The quantitative estimate of drug-likeness (QED) is 0.246. The summed E-state index contributed by atoms with van der Waals surface area (Å²) in [6.45, 7) is 5.01. The number of halogens is 2. The van der Waals surface area contributed by atoms with Gasteiger partial charge in [0.2, 0.25) is 6.54 Å². The molecule has 1 heterocycles. The van der Waals surface area contributed by atoms with Crippen molar-refractivity contribution in [1.29, 1.82) is 0 Å². The van der Waals surface area contributed by atoms with E-state index >= 15 is 0 Å². The number of non-ortho nitro benzene ring substituents is 2. The van der Waals surface area contributed by atoms with Gasteiger partial charge >= 0.3 is 0 Å². The summed E-state index contributed by atoms with van der Waals surface area (Å²) in [7, 11) is 0. The molecule has 3 rings (SSSR count). The fraction of sp³-hybridized carbons (Fsp3) is 0.273. The lowest BCUT2D eigenvalue weighted by Crippen LogP contribution is -2.20. The van der Waals surface area contributed by atoms with Crippen molar-refractivity contribution < 1.29 is 19.6 Å². The van der Waals surface area contributed by atoms with Crippen LogP contribution in [-0.2, 0) is 5.41 Å². The fourth-order valence-electron chi connectivity index (χ4n) is 3.52. The van der Waals surface area contributed by atoms with Crippen molar-refractivity contribution >= 4 is 57.0 Å². The molecule has 1 amide bonds. The first-order valence-corrected chi connectivity index (χ1v) is 12.1. The SMILES string of the molecule is CC(C)(C)c1nc(NC(=O)c2cc([N+](=O)[O-])cc([N+](=O)[O-])c2)sc1C(C[N+](=O)[O-])c1ccc(Cl)cc1Cl. The molecule has 0 aliphatic carbocycles. The zero-order valence-electron chi connectivity index (χ0n) is 19.6. The van der Waals surface area contributed by atoms with E-state index in [0.717, 1.165) is 29.5 Å². The molecule has 15 heteroatoms. The van der Waals surface area contributed by atoms with Crippen molar-refractivity contribution in [2.75, 3.05) is 11.9 Å². The summed E-state index contributed by atoms with van der Waals surface area (Å²) in [5.41, 5.74) is -1.26. The van der Waals surface area contributed by atoms with Gasteiger partial charge in [0.1, 0.15) is 0 Å². The third-order valence-corrected chi connectivity index (χ3v) is 6.80. The number of amides is 1. The highest BCUT2D eigenvalue weighted by atomic mass is 35.5. The summed E-state index contributed by atoms with van der Waals surface area (Å²) in [6, 6.07) is 7.18. The van der Waals surface area contributed by atoms with E-state index < -0.39 is 49.9 Å². The van der Waals surface area contributed by atoms with Crippen LogP contribution in [0.3, 0.4) is 0 Å². The summed E-state index contributed by atoms with van der Waals surface area (Å²) >= 11 is 13.4. The van der Waals surface area contributed by atoms with E-state index in [1.165, 1.54) is 6.07 Å². The van der Waals surface area contributed by atoms with Crippen LogP contribution in [-0.4, -0.2) is 32.2 Å². The first-order valence-electron chi connectivity index (χ1n) is 10.5. The largest absolute Gasteiger partial charge is 0.298 e. The standard InChI is InChI=1S/C22H19Cl2N5O7S/c1-22(2,3)19-18(16(10-27(31)32)15-5-4-12(23)8-17(15)24)37-21(25-19)26-20(30)11-6-13(28(33)34)9-14(7-11)29(35)36/h4-9,16H,10H2,1-3H3,(H,25,26,30). The lowest BCUT2D eigenvalue weighted by atomic mass is 9.86. The van der Waals surface area contributed by atoms with Gasteiger partial charge in [0, 0.05) is 37.4 Å². The van der Waals surface area contributed by atoms with Crippen LogP contribution >= 0.6 is 34.5 Å². The topological polar surface area (TPSA) is 171 Å². The van der Waals surface area contributed by atoms with Gasteiger partial charge in [-0.15, -0.1) is 11.3 Å². The highest BCUT2D eigenvalue weighted by Gasteiger charge is 2.33. The second-order valence-corrected chi connectivity index (χ2v) is 10.8. The van der Waals surface area contributed by atoms with Gasteiger partial charge in [-0.1, -0.05) is 50.0 Å². The van der Waals surface area contributed by atoms with E-state index in [1.54, 1.807) is 12.1 Å². The van der Waals surface area contributed by atoms with Crippen LogP contribution < -0.4 is 5.32 Å². The summed E-state index contributed by atoms with van der Waals surface area (Å²) in [6.07, 6.45) is 0. The molecule has 0 fully saturated rings. The van der Waals surface area contributed by atoms with Crippen LogP contribution in [0.4, 0.5) is 16.5 Å². The number of nitro groups is 3. The molecule has 0 saturated carbocycles. The minimum atomic E-state index is -0.872. The number of carbonyl (C=O) groups is 1. The molecule has 37 heavy (non-hydrogen) atoms. The summed E-state index contributed by atoms with van der Waals surface area (Å²) < 4.78 is 0. The molecule has 0 aliphatic rings. The van der Waals surface area contributed by atoms with Crippen LogP contribution in [0.2, 0.25) is 10.0 Å². The van der Waals surface area contributed by atoms with Crippen LogP contribution in [0.5, 0.6) is 0 Å². The van der Waals surface area contributed by atoms with E-state index in [2.05, 4.69) is 10.3 Å². The average molecular weight is 568 g/mol. The molecule has 2 aromatic carbocycles. The van der Waals surface area contributed by atoms with Crippen molar-refractivity contribution in [3.8, 4) is 0 Å². The monoisotopic (exact) mass is 567 g/mol. The Kier molecular flexibility index (Phi) is 8.10. The Bertz CT molecular complexity index is 1390. The average Bonchev–Trinajstić information content (AvgIpc) is 3.21. The molecular formula is C22H19Cl2N5O7S. The highest BCUT2D eigenvalue weighted by molar-refractivity contribution is 7.16. The highest BCUT2D eigenvalue weighted by Crippen LogP contribution is 2.42. The zero-order valence-corrected chi connectivity index (χ0v) is 21.9. The van der Waals surface area contributed by atoms with Gasteiger partial charge in [-0.25, -0.2) is 4.98 Å². The number of nitro benzene ring substituents is 2.